The highest BCUT2D eigenvalue weighted by molar-refractivity contribution is 5.76. The summed E-state index contributed by atoms with van der Waals surface area (Å²) in [5.74, 6) is 0.794. The predicted octanol–water partition coefficient (Wildman–Crippen LogP) is 5.66. The largest absolute Gasteiger partial charge is 0.466 e. The lowest BCUT2D eigenvalue weighted by Gasteiger charge is -2.72. The molecule has 10 unspecified atom stereocenters. The summed E-state index contributed by atoms with van der Waals surface area (Å²) in [6.07, 6.45) is 9.33. The number of aliphatic hydroxyl groups excluding tert-OH is 3. The molecule has 5 rings (SSSR count). The number of carbonyl (C=O) groups is 1. The molecule has 0 aromatic rings. The van der Waals surface area contributed by atoms with E-state index in [-0.39, 0.29) is 46.3 Å². The first-order valence-corrected chi connectivity index (χ1v) is 15.0. The van der Waals surface area contributed by atoms with Crippen LogP contribution < -0.4 is 0 Å². The van der Waals surface area contributed by atoms with Crippen molar-refractivity contribution in [3.8, 4) is 0 Å². The van der Waals surface area contributed by atoms with Gasteiger partial charge in [0.2, 0.25) is 0 Å². The zero-order valence-corrected chi connectivity index (χ0v) is 24.4. The molecule has 0 aromatic heterocycles. The molecule has 4 fully saturated rings. The summed E-state index contributed by atoms with van der Waals surface area (Å²) in [5.41, 5.74) is 0.0754. The molecule has 0 heterocycles. The van der Waals surface area contributed by atoms with Gasteiger partial charge in [-0.3, -0.25) is 4.79 Å². The van der Waals surface area contributed by atoms with Crippen LogP contribution in [0.2, 0.25) is 0 Å². The Morgan fingerprint density at radius 2 is 1.65 bits per heavy atom. The molecule has 0 spiro atoms. The van der Waals surface area contributed by atoms with Crippen molar-refractivity contribution >= 4 is 5.97 Å². The second-order valence-corrected chi connectivity index (χ2v) is 15.3. The van der Waals surface area contributed by atoms with Gasteiger partial charge in [-0.25, -0.2) is 0 Å². The van der Waals surface area contributed by atoms with Gasteiger partial charge in [-0.1, -0.05) is 46.3 Å². The minimum absolute atomic E-state index is 0.0150. The van der Waals surface area contributed by atoms with Crippen molar-refractivity contribution in [1.29, 1.82) is 0 Å². The molecular formula is C32H52O5. The molecule has 5 aliphatic carbocycles. The topological polar surface area (TPSA) is 87.0 Å². The molecule has 0 bridgehead atoms. The van der Waals surface area contributed by atoms with Crippen molar-refractivity contribution in [2.75, 3.05) is 13.2 Å². The van der Waals surface area contributed by atoms with Gasteiger partial charge in [0, 0.05) is 5.41 Å². The minimum Gasteiger partial charge on any atom is -0.466 e. The van der Waals surface area contributed by atoms with Gasteiger partial charge in [-0.15, -0.1) is 0 Å². The number of allylic oxidation sites excluding steroid dienone is 2. The number of esters is 1. The zero-order chi connectivity index (χ0) is 27.2. The Morgan fingerprint density at radius 1 is 0.946 bits per heavy atom. The van der Waals surface area contributed by atoms with Gasteiger partial charge in [-0.2, -0.15) is 0 Å². The summed E-state index contributed by atoms with van der Waals surface area (Å²) in [6.45, 7) is 16.1. The molecule has 5 aliphatic rings. The average molecular weight is 517 g/mol. The number of carbonyl (C=O) groups excluding carboxylic acids is 1. The standard InChI is InChI=1S/C32H52O5/c1-8-37-26(36)28(4)15-16-32(19-33)21(17-28)20-9-10-23-29(5)13-12-24(34)27(2,3)22(29)11-14-30(23,6)31(20,7)18-25(32)35/h9,21-25,33-35H,8,10-19H2,1-7H3. The maximum atomic E-state index is 13.1. The second kappa shape index (κ2) is 8.54. The Labute approximate surface area is 224 Å². The van der Waals surface area contributed by atoms with Gasteiger partial charge < -0.3 is 20.1 Å². The summed E-state index contributed by atoms with van der Waals surface area (Å²) in [7, 11) is 0. The van der Waals surface area contributed by atoms with E-state index in [0.29, 0.717) is 44.1 Å². The molecule has 0 amide bonds. The van der Waals surface area contributed by atoms with Gasteiger partial charge in [-0.05, 0) is 111 Å². The quantitative estimate of drug-likeness (QED) is 0.333. The summed E-state index contributed by atoms with van der Waals surface area (Å²) in [4.78, 5) is 13.1. The van der Waals surface area contributed by atoms with Crippen LogP contribution in [-0.4, -0.2) is 46.7 Å². The van der Waals surface area contributed by atoms with Crippen molar-refractivity contribution in [2.45, 2.75) is 118 Å². The van der Waals surface area contributed by atoms with Gasteiger partial charge >= 0.3 is 5.97 Å². The predicted molar refractivity (Wildman–Crippen MR) is 144 cm³/mol. The van der Waals surface area contributed by atoms with E-state index in [2.05, 4.69) is 40.7 Å². The van der Waals surface area contributed by atoms with Crippen LogP contribution in [0.25, 0.3) is 0 Å². The number of rotatable bonds is 3. The number of ether oxygens (including phenoxy) is 1. The highest BCUT2D eigenvalue weighted by Crippen LogP contribution is 2.75. The molecule has 5 heteroatoms. The summed E-state index contributed by atoms with van der Waals surface area (Å²) in [6, 6.07) is 0. The third kappa shape index (κ3) is 3.41. The molecule has 4 saturated carbocycles. The van der Waals surface area contributed by atoms with Crippen LogP contribution in [-0.2, 0) is 9.53 Å². The third-order valence-electron chi connectivity index (χ3n) is 13.7. The van der Waals surface area contributed by atoms with Crippen molar-refractivity contribution < 1.29 is 24.9 Å². The fraction of sp³-hybridized carbons (Fsp3) is 0.906. The lowest BCUT2D eigenvalue weighted by Crippen LogP contribution is -2.67. The zero-order valence-electron chi connectivity index (χ0n) is 24.4. The van der Waals surface area contributed by atoms with E-state index >= 15 is 0 Å². The second-order valence-electron chi connectivity index (χ2n) is 15.3. The Balaban J connectivity index is 1.59. The smallest absolute Gasteiger partial charge is 0.311 e. The van der Waals surface area contributed by atoms with Crippen LogP contribution in [0.5, 0.6) is 0 Å². The Kier molecular flexibility index (Phi) is 6.38. The van der Waals surface area contributed by atoms with E-state index in [0.717, 1.165) is 32.1 Å². The summed E-state index contributed by atoms with van der Waals surface area (Å²) in [5, 5.41) is 33.6. The first-order chi connectivity index (χ1) is 17.2. The Bertz CT molecular complexity index is 972. The van der Waals surface area contributed by atoms with Crippen LogP contribution in [0.3, 0.4) is 0 Å². The van der Waals surface area contributed by atoms with Gasteiger partial charge in [0.05, 0.1) is 30.8 Å². The fourth-order valence-electron chi connectivity index (χ4n) is 11.0. The Hall–Kier alpha value is -0.910. The van der Waals surface area contributed by atoms with E-state index in [9.17, 15) is 20.1 Å². The molecule has 5 nitrogen and oxygen atoms in total. The molecule has 0 aliphatic heterocycles. The maximum absolute atomic E-state index is 13.1. The lowest BCUT2D eigenvalue weighted by molar-refractivity contribution is -0.220. The fourth-order valence-corrected chi connectivity index (χ4v) is 11.0. The van der Waals surface area contributed by atoms with E-state index in [1.165, 1.54) is 5.57 Å². The molecule has 3 N–H and O–H groups in total. The third-order valence-corrected chi connectivity index (χ3v) is 13.7. The minimum atomic E-state index is -0.595. The van der Waals surface area contributed by atoms with Gasteiger partial charge in [0.1, 0.15) is 0 Å². The van der Waals surface area contributed by atoms with Gasteiger partial charge in [0.25, 0.3) is 0 Å². The van der Waals surface area contributed by atoms with Crippen molar-refractivity contribution in [1.82, 2.24) is 0 Å². The molecule has 210 valence electrons. The first kappa shape index (κ1) is 27.6. The van der Waals surface area contributed by atoms with Gasteiger partial charge in [0.15, 0.2) is 0 Å². The number of fused-ring (bicyclic) bond motifs is 7. The highest BCUT2D eigenvalue weighted by Gasteiger charge is 2.70. The van der Waals surface area contributed by atoms with E-state index in [1.807, 2.05) is 13.8 Å². The monoisotopic (exact) mass is 516 g/mol. The number of aliphatic hydroxyl groups is 3. The van der Waals surface area contributed by atoms with E-state index in [4.69, 9.17) is 4.74 Å². The van der Waals surface area contributed by atoms with Crippen LogP contribution in [0.1, 0.15) is 106 Å². The molecule has 37 heavy (non-hydrogen) atoms. The average Bonchev–Trinajstić information content (AvgIpc) is 2.83. The normalized spacial score (nSPS) is 52.6. The first-order valence-electron chi connectivity index (χ1n) is 15.0. The molecule has 0 radical (unpaired) electrons. The lowest BCUT2D eigenvalue weighted by atomic mass is 9.33. The number of hydrogen-bond donors (Lipinski definition) is 3. The SMILES string of the molecule is CCOC(=O)C1(C)CCC2(CO)C(O)CC3(C)C(=CCC4C5(C)CCC(O)C(C)(C)C5CCC43C)C2C1. The van der Waals surface area contributed by atoms with Crippen LogP contribution in [0.15, 0.2) is 11.6 Å². The molecule has 0 aromatic carbocycles. The highest BCUT2D eigenvalue weighted by atomic mass is 16.5. The van der Waals surface area contributed by atoms with Crippen molar-refractivity contribution in [2.24, 2.45) is 50.2 Å². The Morgan fingerprint density at radius 3 is 2.30 bits per heavy atom. The summed E-state index contributed by atoms with van der Waals surface area (Å²) >= 11 is 0. The van der Waals surface area contributed by atoms with E-state index < -0.39 is 16.9 Å². The van der Waals surface area contributed by atoms with Crippen LogP contribution in [0.4, 0.5) is 0 Å². The molecule has 10 atom stereocenters. The molecular weight excluding hydrogens is 464 g/mol. The van der Waals surface area contributed by atoms with Crippen LogP contribution >= 0.6 is 0 Å². The summed E-state index contributed by atoms with van der Waals surface area (Å²) < 4.78 is 5.52. The van der Waals surface area contributed by atoms with Crippen molar-refractivity contribution in [3.63, 3.8) is 0 Å². The van der Waals surface area contributed by atoms with Crippen LogP contribution in [0, 0.1) is 50.2 Å². The van der Waals surface area contributed by atoms with Crippen molar-refractivity contribution in [3.05, 3.63) is 11.6 Å². The maximum Gasteiger partial charge on any atom is 0.311 e. The van der Waals surface area contributed by atoms with E-state index in [1.54, 1.807) is 0 Å². The molecule has 0 saturated heterocycles. The number of hydrogen-bond acceptors (Lipinski definition) is 5.